The number of benzene rings is 1. The predicted molar refractivity (Wildman–Crippen MR) is 61.7 cm³/mol. The molecule has 0 fully saturated rings. The quantitative estimate of drug-likeness (QED) is 0.868. The zero-order valence-corrected chi connectivity index (χ0v) is 10.6. The van der Waals surface area contributed by atoms with Crippen LogP contribution in [0.25, 0.3) is 0 Å². The molecule has 1 aromatic carbocycles. The summed E-state index contributed by atoms with van der Waals surface area (Å²) in [7, 11) is 0. The molecule has 0 aliphatic heterocycles. The van der Waals surface area contributed by atoms with Crippen molar-refractivity contribution in [2.45, 2.75) is 12.9 Å². The summed E-state index contributed by atoms with van der Waals surface area (Å²) in [6.07, 6.45) is -4.73. The number of ether oxygens (including phenoxy) is 1. The fourth-order valence-corrected chi connectivity index (χ4v) is 1.70. The van der Waals surface area contributed by atoms with E-state index in [1.807, 2.05) is 0 Å². The van der Waals surface area contributed by atoms with Gasteiger partial charge in [0.2, 0.25) is 5.91 Å². The summed E-state index contributed by atoms with van der Waals surface area (Å²) in [6, 6.07) is 4.12. The summed E-state index contributed by atoms with van der Waals surface area (Å²) >= 11 is 2.98. The van der Waals surface area contributed by atoms with Crippen LogP contribution in [0.1, 0.15) is 5.56 Å². The monoisotopic (exact) mass is 326 g/mol. The SMILES string of the molecule is NC(=O)CNCc1ccc(OC(F)(F)F)c(Br)c1. The van der Waals surface area contributed by atoms with Gasteiger partial charge in [-0.15, -0.1) is 13.2 Å². The van der Waals surface area contributed by atoms with Gasteiger partial charge in [0.15, 0.2) is 0 Å². The van der Waals surface area contributed by atoms with Gasteiger partial charge in [-0.1, -0.05) is 6.07 Å². The molecule has 0 heterocycles. The van der Waals surface area contributed by atoms with Crippen LogP contribution in [0, 0.1) is 0 Å². The number of nitrogens with two attached hydrogens (primary N) is 1. The maximum absolute atomic E-state index is 12.0. The van der Waals surface area contributed by atoms with Crippen molar-refractivity contribution in [1.29, 1.82) is 0 Å². The van der Waals surface area contributed by atoms with Gasteiger partial charge in [0.25, 0.3) is 0 Å². The highest BCUT2D eigenvalue weighted by atomic mass is 79.9. The lowest BCUT2D eigenvalue weighted by Gasteiger charge is -2.11. The lowest BCUT2D eigenvalue weighted by Crippen LogP contribution is -2.28. The van der Waals surface area contributed by atoms with Gasteiger partial charge >= 0.3 is 6.36 Å². The summed E-state index contributed by atoms with van der Waals surface area (Å²) in [5.41, 5.74) is 5.62. The van der Waals surface area contributed by atoms with Gasteiger partial charge in [-0.2, -0.15) is 0 Å². The third-order valence-electron chi connectivity index (χ3n) is 1.85. The molecule has 3 N–H and O–H groups in total. The Bertz CT molecular complexity index is 438. The Balaban J connectivity index is 2.64. The zero-order valence-electron chi connectivity index (χ0n) is 9.05. The Morgan fingerprint density at radius 3 is 2.61 bits per heavy atom. The molecule has 0 spiro atoms. The zero-order chi connectivity index (χ0) is 13.8. The molecule has 0 atom stereocenters. The normalized spacial score (nSPS) is 11.3. The number of amides is 1. The average molecular weight is 327 g/mol. The van der Waals surface area contributed by atoms with Crippen LogP contribution >= 0.6 is 15.9 Å². The smallest absolute Gasteiger partial charge is 0.405 e. The van der Waals surface area contributed by atoms with E-state index >= 15 is 0 Å². The van der Waals surface area contributed by atoms with Gasteiger partial charge < -0.3 is 15.8 Å². The molecule has 8 heteroatoms. The Kier molecular flexibility index (Phi) is 4.97. The molecule has 1 amide bonds. The summed E-state index contributed by atoms with van der Waals surface area (Å²) in [6.45, 7) is 0.312. The van der Waals surface area contributed by atoms with Crippen LogP contribution in [-0.4, -0.2) is 18.8 Å². The minimum Gasteiger partial charge on any atom is -0.405 e. The van der Waals surface area contributed by atoms with E-state index < -0.39 is 12.3 Å². The highest BCUT2D eigenvalue weighted by Gasteiger charge is 2.31. The minimum atomic E-state index is -4.73. The number of hydrogen-bond donors (Lipinski definition) is 2. The first kappa shape index (κ1) is 14.8. The van der Waals surface area contributed by atoms with Crippen LogP contribution in [0.4, 0.5) is 13.2 Å². The first-order chi connectivity index (χ1) is 8.28. The number of carbonyl (C=O) groups is 1. The number of carbonyl (C=O) groups excluding carboxylic acids is 1. The van der Waals surface area contributed by atoms with Gasteiger partial charge in [0, 0.05) is 6.54 Å². The van der Waals surface area contributed by atoms with E-state index in [1.54, 1.807) is 0 Å². The summed E-state index contributed by atoms with van der Waals surface area (Å²) in [5, 5.41) is 2.74. The molecule has 4 nitrogen and oxygen atoms in total. The van der Waals surface area contributed by atoms with Crippen LogP contribution in [0.5, 0.6) is 5.75 Å². The maximum Gasteiger partial charge on any atom is 0.573 e. The third-order valence-corrected chi connectivity index (χ3v) is 2.47. The molecule has 100 valence electrons. The van der Waals surface area contributed by atoms with Crippen LogP contribution < -0.4 is 15.8 Å². The Labute approximate surface area is 109 Å². The summed E-state index contributed by atoms with van der Waals surface area (Å²) in [4.78, 5) is 10.5. The second kappa shape index (κ2) is 6.05. The number of rotatable bonds is 5. The van der Waals surface area contributed by atoms with E-state index in [-0.39, 0.29) is 16.8 Å². The maximum atomic E-state index is 12.0. The first-order valence-electron chi connectivity index (χ1n) is 4.81. The van der Waals surface area contributed by atoms with Crippen LogP contribution in [0.15, 0.2) is 22.7 Å². The van der Waals surface area contributed by atoms with Crippen LogP contribution in [-0.2, 0) is 11.3 Å². The summed E-state index contributed by atoms with van der Waals surface area (Å²) < 4.78 is 40.0. The van der Waals surface area contributed by atoms with Crippen molar-refractivity contribution in [2.75, 3.05) is 6.54 Å². The third kappa shape index (κ3) is 5.37. The molecular weight excluding hydrogens is 317 g/mol. The van der Waals surface area contributed by atoms with Gasteiger partial charge in [-0.05, 0) is 33.6 Å². The first-order valence-corrected chi connectivity index (χ1v) is 5.60. The van der Waals surface area contributed by atoms with E-state index in [2.05, 4.69) is 26.0 Å². The fraction of sp³-hybridized carbons (Fsp3) is 0.300. The molecule has 0 saturated heterocycles. The highest BCUT2D eigenvalue weighted by Crippen LogP contribution is 2.30. The molecule has 0 unspecified atom stereocenters. The molecule has 0 aliphatic rings. The average Bonchev–Trinajstić information content (AvgIpc) is 2.19. The van der Waals surface area contributed by atoms with Crippen molar-refractivity contribution >= 4 is 21.8 Å². The Morgan fingerprint density at radius 2 is 2.11 bits per heavy atom. The van der Waals surface area contributed by atoms with Crippen molar-refractivity contribution in [2.24, 2.45) is 5.73 Å². The number of nitrogens with one attached hydrogen (secondary N) is 1. The van der Waals surface area contributed by atoms with Crippen molar-refractivity contribution in [3.05, 3.63) is 28.2 Å². The van der Waals surface area contributed by atoms with E-state index in [0.29, 0.717) is 12.1 Å². The number of alkyl halides is 3. The Hall–Kier alpha value is -1.28. The van der Waals surface area contributed by atoms with E-state index in [4.69, 9.17) is 5.73 Å². The second-order valence-electron chi connectivity index (χ2n) is 3.38. The van der Waals surface area contributed by atoms with Gasteiger partial charge in [-0.25, -0.2) is 0 Å². The van der Waals surface area contributed by atoms with Crippen molar-refractivity contribution in [1.82, 2.24) is 5.32 Å². The molecular formula is C10H10BrF3N2O2. The minimum absolute atomic E-state index is 0.00157. The molecule has 1 rings (SSSR count). The number of hydrogen-bond acceptors (Lipinski definition) is 3. The standard InChI is InChI=1S/C10H10BrF3N2O2/c11-7-3-6(4-16-5-9(15)17)1-2-8(7)18-10(12,13)14/h1-3,16H,4-5H2,(H2,15,17). The predicted octanol–water partition coefficient (Wildman–Crippen LogP) is 1.92. The van der Waals surface area contributed by atoms with Crippen molar-refractivity contribution < 1.29 is 22.7 Å². The lowest BCUT2D eigenvalue weighted by atomic mass is 10.2. The molecule has 0 aliphatic carbocycles. The number of halogens is 4. The number of primary amides is 1. The molecule has 1 aromatic rings. The van der Waals surface area contributed by atoms with Crippen LogP contribution in [0.3, 0.4) is 0 Å². The van der Waals surface area contributed by atoms with E-state index in [0.717, 1.165) is 0 Å². The second-order valence-corrected chi connectivity index (χ2v) is 4.24. The highest BCUT2D eigenvalue weighted by molar-refractivity contribution is 9.10. The largest absolute Gasteiger partial charge is 0.573 e. The van der Waals surface area contributed by atoms with Crippen molar-refractivity contribution in [3.8, 4) is 5.75 Å². The topological polar surface area (TPSA) is 64.4 Å². The van der Waals surface area contributed by atoms with Crippen LogP contribution in [0.2, 0.25) is 0 Å². The van der Waals surface area contributed by atoms with E-state index in [1.165, 1.54) is 18.2 Å². The van der Waals surface area contributed by atoms with Gasteiger partial charge in [-0.3, -0.25) is 4.79 Å². The lowest BCUT2D eigenvalue weighted by molar-refractivity contribution is -0.274. The van der Waals surface area contributed by atoms with E-state index in [9.17, 15) is 18.0 Å². The molecule has 0 radical (unpaired) electrons. The summed E-state index contributed by atoms with van der Waals surface area (Å²) in [5.74, 6) is -0.827. The van der Waals surface area contributed by atoms with Crippen molar-refractivity contribution in [3.63, 3.8) is 0 Å². The Morgan fingerprint density at radius 1 is 1.44 bits per heavy atom. The molecule has 18 heavy (non-hydrogen) atoms. The van der Waals surface area contributed by atoms with Gasteiger partial charge in [0.05, 0.1) is 11.0 Å². The molecule has 0 saturated carbocycles. The van der Waals surface area contributed by atoms with Gasteiger partial charge in [0.1, 0.15) is 5.75 Å². The molecule has 0 aromatic heterocycles. The fourth-order valence-electron chi connectivity index (χ4n) is 1.19. The molecule has 0 bridgehead atoms.